The van der Waals surface area contributed by atoms with Gasteiger partial charge in [-0.15, -0.1) is 0 Å². The first kappa shape index (κ1) is 18.0. The Balaban J connectivity index is 1.72. The quantitative estimate of drug-likeness (QED) is 0.164. The molecule has 0 saturated carbocycles. The maximum Gasteiger partial charge on any atom is 0.344 e. The van der Waals surface area contributed by atoms with Crippen LogP contribution in [0.5, 0.6) is 0 Å². The maximum atomic E-state index is 12.6. The fraction of sp³-hybridized carbons (Fsp3) is 0. The molecule has 33 heavy (non-hydrogen) atoms. The molecule has 0 atom stereocenters. The van der Waals surface area contributed by atoms with E-state index in [2.05, 4.69) is 24.3 Å². The largest absolute Gasteiger partial charge is 0.422 e. The van der Waals surface area contributed by atoms with E-state index in [1.165, 1.54) is 0 Å². The van der Waals surface area contributed by atoms with E-state index in [0.717, 1.165) is 54.7 Å². The summed E-state index contributed by atoms with van der Waals surface area (Å²) in [7, 11) is 0. The molecule has 0 spiro atoms. The average Bonchev–Trinajstić information content (AvgIpc) is 2.87. The number of para-hydroxylation sites is 2. The summed E-state index contributed by atoms with van der Waals surface area (Å²) in [4.78, 5) is 22.7. The Bertz CT molecular complexity index is 1950. The molecule has 0 aliphatic carbocycles. The molecule has 5 aromatic carbocycles. The van der Waals surface area contributed by atoms with Crippen molar-refractivity contribution in [3.63, 3.8) is 0 Å². The number of hydrogen-bond acceptors (Lipinski definition) is 4. The molecule has 0 aliphatic heterocycles. The van der Waals surface area contributed by atoms with Gasteiger partial charge in [0.05, 0.1) is 27.5 Å². The Morgan fingerprint density at radius 3 is 2.06 bits per heavy atom. The van der Waals surface area contributed by atoms with E-state index in [1.54, 1.807) is 0 Å². The van der Waals surface area contributed by atoms with Crippen LogP contribution in [0.1, 0.15) is 0 Å². The molecule has 0 amide bonds. The van der Waals surface area contributed by atoms with Crippen LogP contribution in [0.2, 0.25) is 0 Å². The van der Waals surface area contributed by atoms with Gasteiger partial charge in [-0.2, -0.15) is 0 Å². The molecule has 0 fully saturated rings. The smallest absolute Gasteiger partial charge is 0.344 e. The van der Waals surface area contributed by atoms with Crippen molar-refractivity contribution < 1.29 is 4.42 Å². The molecule has 0 unspecified atom stereocenters. The predicted molar refractivity (Wildman–Crippen MR) is 134 cm³/mol. The van der Waals surface area contributed by atoms with Gasteiger partial charge >= 0.3 is 5.63 Å². The first-order valence-corrected chi connectivity index (χ1v) is 10.8. The van der Waals surface area contributed by atoms with Gasteiger partial charge in [-0.3, -0.25) is 0 Å². The highest BCUT2D eigenvalue weighted by molar-refractivity contribution is 6.18. The lowest BCUT2D eigenvalue weighted by molar-refractivity contribution is 0.570. The highest BCUT2D eigenvalue weighted by Gasteiger charge is 2.17. The zero-order valence-electron chi connectivity index (χ0n) is 17.4. The third-order valence-corrected chi connectivity index (χ3v) is 6.28. The summed E-state index contributed by atoms with van der Waals surface area (Å²) in [5, 5.41) is 4.49. The van der Waals surface area contributed by atoms with Crippen molar-refractivity contribution in [3.05, 3.63) is 107 Å². The van der Waals surface area contributed by atoms with Crippen LogP contribution in [0.4, 0.5) is 0 Å². The molecular weight excluding hydrogens is 408 g/mol. The standard InChI is InChI=1S/C29H16N2O2/c32-29-21-11-4-3-10-19(21)26-20(12-7-15-25(26)33-29)22-16-17-8-1-2-9-18(17)27-28(22)31-24-14-6-5-13-23(24)30-27/h1-16H. The lowest BCUT2D eigenvalue weighted by atomic mass is 9.94. The summed E-state index contributed by atoms with van der Waals surface area (Å²) in [6.07, 6.45) is 0. The molecule has 2 aromatic heterocycles. The summed E-state index contributed by atoms with van der Waals surface area (Å²) in [6.45, 7) is 0. The van der Waals surface area contributed by atoms with Gasteiger partial charge in [0.2, 0.25) is 0 Å². The van der Waals surface area contributed by atoms with Crippen molar-refractivity contribution >= 4 is 54.6 Å². The molecule has 154 valence electrons. The molecule has 0 bridgehead atoms. The number of nitrogens with zero attached hydrogens (tertiary/aromatic N) is 2. The topological polar surface area (TPSA) is 56.0 Å². The second kappa shape index (κ2) is 6.71. The Morgan fingerprint density at radius 2 is 1.24 bits per heavy atom. The molecule has 0 saturated heterocycles. The Kier molecular flexibility index (Phi) is 3.67. The van der Waals surface area contributed by atoms with Crippen molar-refractivity contribution in [3.8, 4) is 11.1 Å². The van der Waals surface area contributed by atoms with Gasteiger partial charge < -0.3 is 4.42 Å². The lowest BCUT2D eigenvalue weighted by Gasteiger charge is -2.13. The van der Waals surface area contributed by atoms with Gasteiger partial charge in [-0.1, -0.05) is 66.7 Å². The minimum atomic E-state index is -0.329. The van der Waals surface area contributed by atoms with E-state index in [1.807, 2.05) is 72.8 Å². The molecular formula is C29H16N2O2. The SMILES string of the molecule is O=c1oc2cccc(-c3cc4ccccc4c4nc5ccccc5nc34)c2c2ccccc12. The Hall–Kier alpha value is -4.57. The van der Waals surface area contributed by atoms with Crippen molar-refractivity contribution in [2.45, 2.75) is 0 Å². The maximum absolute atomic E-state index is 12.6. The van der Waals surface area contributed by atoms with Crippen molar-refractivity contribution in [2.75, 3.05) is 0 Å². The number of fused-ring (bicyclic) bond motifs is 7. The third-order valence-electron chi connectivity index (χ3n) is 6.28. The van der Waals surface area contributed by atoms with Crippen LogP contribution < -0.4 is 5.63 Å². The van der Waals surface area contributed by atoms with E-state index in [0.29, 0.717) is 11.0 Å². The van der Waals surface area contributed by atoms with Gasteiger partial charge in [0.15, 0.2) is 0 Å². The third kappa shape index (κ3) is 2.61. The van der Waals surface area contributed by atoms with Gasteiger partial charge in [-0.25, -0.2) is 14.8 Å². The first-order valence-electron chi connectivity index (χ1n) is 10.8. The monoisotopic (exact) mass is 424 g/mol. The summed E-state index contributed by atoms with van der Waals surface area (Å²) < 4.78 is 5.72. The second-order valence-corrected chi connectivity index (χ2v) is 8.17. The fourth-order valence-corrected chi connectivity index (χ4v) is 4.80. The van der Waals surface area contributed by atoms with Crippen molar-refractivity contribution in [1.82, 2.24) is 9.97 Å². The predicted octanol–water partition coefficient (Wildman–Crippen LogP) is 6.86. The zero-order valence-corrected chi connectivity index (χ0v) is 17.4. The summed E-state index contributed by atoms with van der Waals surface area (Å²) >= 11 is 0. The highest BCUT2D eigenvalue weighted by Crippen LogP contribution is 2.39. The van der Waals surface area contributed by atoms with E-state index >= 15 is 0 Å². The summed E-state index contributed by atoms with van der Waals surface area (Å²) in [6, 6.07) is 31.8. The van der Waals surface area contributed by atoms with E-state index in [9.17, 15) is 4.79 Å². The van der Waals surface area contributed by atoms with Crippen LogP contribution in [0.3, 0.4) is 0 Å². The van der Waals surface area contributed by atoms with Gasteiger partial charge in [-0.05, 0) is 41.3 Å². The molecule has 0 radical (unpaired) electrons. The molecule has 2 heterocycles. The number of hydrogen-bond donors (Lipinski definition) is 0. The molecule has 4 heteroatoms. The number of aromatic nitrogens is 2. The average molecular weight is 424 g/mol. The van der Waals surface area contributed by atoms with Crippen LogP contribution in [-0.2, 0) is 0 Å². The van der Waals surface area contributed by atoms with Gasteiger partial charge in [0.25, 0.3) is 0 Å². The van der Waals surface area contributed by atoms with Crippen LogP contribution in [0, 0.1) is 0 Å². The van der Waals surface area contributed by atoms with E-state index in [4.69, 9.17) is 14.4 Å². The van der Waals surface area contributed by atoms with Crippen molar-refractivity contribution in [1.29, 1.82) is 0 Å². The minimum Gasteiger partial charge on any atom is -0.422 e. The molecule has 0 N–H and O–H groups in total. The molecule has 7 rings (SSSR count). The Morgan fingerprint density at radius 1 is 0.576 bits per heavy atom. The summed E-state index contributed by atoms with van der Waals surface area (Å²) in [5.41, 5.74) is 5.56. The van der Waals surface area contributed by atoms with Crippen LogP contribution in [0.15, 0.2) is 106 Å². The molecule has 0 aliphatic rings. The van der Waals surface area contributed by atoms with Gasteiger partial charge in [0.1, 0.15) is 5.58 Å². The molecule has 7 aromatic rings. The van der Waals surface area contributed by atoms with Crippen LogP contribution in [-0.4, -0.2) is 9.97 Å². The fourth-order valence-electron chi connectivity index (χ4n) is 4.80. The summed E-state index contributed by atoms with van der Waals surface area (Å²) in [5.74, 6) is 0. The van der Waals surface area contributed by atoms with Crippen LogP contribution in [0.25, 0.3) is 65.7 Å². The number of benzene rings is 5. The Labute approximate surface area is 187 Å². The highest BCUT2D eigenvalue weighted by atomic mass is 16.4. The van der Waals surface area contributed by atoms with Gasteiger partial charge in [0, 0.05) is 21.7 Å². The minimum absolute atomic E-state index is 0.329. The normalized spacial score (nSPS) is 11.8. The number of rotatable bonds is 1. The van der Waals surface area contributed by atoms with Crippen molar-refractivity contribution in [2.24, 2.45) is 0 Å². The van der Waals surface area contributed by atoms with E-state index < -0.39 is 0 Å². The first-order chi connectivity index (χ1) is 16.3. The second-order valence-electron chi connectivity index (χ2n) is 8.17. The van der Waals surface area contributed by atoms with E-state index in [-0.39, 0.29) is 5.63 Å². The zero-order chi connectivity index (χ0) is 21.9. The van der Waals surface area contributed by atoms with Crippen LogP contribution >= 0.6 is 0 Å². The molecule has 4 nitrogen and oxygen atoms in total. The lowest BCUT2D eigenvalue weighted by Crippen LogP contribution is -2.00.